The Labute approximate surface area is 175 Å². The molecule has 0 radical (unpaired) electrons. The summed E-state index contributed by atoms with van der Waals surface area (Å²) in [7, 11) is -3.06. The van der Waals surface area contributed by atoms with Crippen molar-refractivity contribution < 1.29 is 22.7 Å². The number of hydrogen-bond donors (Lipinski definition) is 1. The van der Waals surface area contributed by atoms with E-state index in [1.165, 1.54) is 4.90 Å². The van der Waals surface area contributed by atoms with Gasteiger partial charge >= 0.3 is 6.09 Å². The fourth-order valence-corrected chi connectivity index (χ4v) is 4.97. The van der Waals surface area contributed by atoms with Crippen LogP contribution in [0.4, 0.5) is 16.2 Å². The van der Waals surface area contributed by atoms with Gasteiger partial charge in [-0.1, -0.05) is 36.4 Å². The van der Waals surface area contributed by atoms with Gasteiger partial charge < -0.3 is 10.1 Å². The molecule has 4 rings (SSSR count). The highest BCUT2D eigenvalue weighted by atomic mass is 32.2. The largest absolute Gasteiger partial charge is 0.447 e. The molecule has 2 fully saturated rings. The fraction of sp³-hybridized carbons (Fsp3) is 0.333. The number of nitrogens with zero attached hydrogens (tertiary/aromatic N) is 2. The molecule has 2 heterocycles. The van der Waals surface area contributed by atoms with Gasteiger partial charge in [-0.15, -0.1) is 0 Å². The summed E-state index contributed by atoms with van der Waals surface area (Å²) >= 11 is 0. The van der Waals surface area contributed by atoms with Crippen LogP contribution in [-0.2, 0) is 19.4 Å². The Morgan fingerprint density at radius 2 is 1.73 bits per heavy atom. The van der Waals surface area contributed by atoms with Gasteiger partial charge in [-0.2, -0.15) is 0 Å². The highest BCUT2D eigenvalue weighted by Gasteiger charge is 2.32. The molecular weight excluding hydrogens is 406 g/mol. The average Bonchev–Trinajstić information content (AvgIpc) is 3.16. The number of cyclic esters (lactones) is 1. The quantitative estimate of drug-likeness (QED) is 0.782. The molecule has 158 valence electrons. The minimum Gasteiger partial charge on any atom is -0.447 e. The SMILES string of the molecule is O=C(Nc1cccc(N2CCOC2=O)c1)C(c1ccccc1)N1CCS(=O)(=O)CC1. The van der Waals surface area contributed by atoms with Gasteiger partial charge in [0.05, 0.1) is 18.1 Å². The average molecular weight is 429 g/mol. The van der Waals surface area contributed by atoms with E-state index in [0.717, 1.165) is 5.56 Å². The first-order valence-electron chi connectivity index (χ1n) is 9.78. The molecule has 0 aromatic heterocycles. The maximum Gasteiger partial charge on any atom is 0.414 e. The van der Waals surface area contributed by atoms with Crippen LogP contribution < -0.4 is 10.2 Å². The first kappa shape index (κ1) is 20.4. The van der Waals surface area contributed by atoms with E-state index in [0.29, 0.717) is 37.6 Å². The molecule has 2 saturated heterocycles. The molecule has 0 bridgehead atoms. The molecule has 30 heavy (non-hydrogen) atoms. The minimum absolute atomic E-state index is 0.0379. The molecule has 0 spiro atoms. The maximum atomic E-state index is 13.3. The Bertz CT molecular complexity index is 1030. The number of rotatable bonds is 5. The van der Waals surface area contributed by atoms with Crippen LogP contribution in [0.2, 0.25) is 0 Å². The van der Waals surface area contributed by atoms with Crippen molar-refractivity contribution in [2.45, 2.75) is 6.04 Å². The zero-order valence-corrected chi connectivity index (χ0v) is 17.2. The van der Waals surface area contributed by atoms with E-state index in [2.05, 4.69) is 5.32 Å². The zero-order chi connectivity index (χ0) is 21.1. The van der Waals surface area contributed by atoms with Crippen molar-refractivity contribution in [2.75, 3.05) is 48.0 Å². The summed E-state index contributed by atoms with van der Waals surface area (Å²) in [6.45, 7) is 1.40. The lowest BCUT2D eigenvalue weighted by Crippen LogP contribution is -2.46. The highest BCUT2D eigenvalue weighted by Crippen LogP contribution is 2.27. The van der Waals surface area contributed by atoms with Crippen LogP contribution in [-0.4, -0.2) is 63.1 Å². The second-order valence-electron chi connectivity index (χ2n) is 7.31. The molecule has 0 aliphatic carbocycles. The molecular formula is C21H23N3O5S. The molecule has 8 nitrogen and oxygen atoms in total. The molecule has 2 amide bonds. The Morgan fingerprint density at radius 1 is 1.00 bits per heavy atom. The van der Waals surface area contributed by atoms with Crippen molar-refractivity contribution in [3.63, 3.8) is 0 Å². The smallest absolute Gasteiger partial charge is 0.414 e. The van der Waals surface area contributed by atoms with Crippen LogP contribution in [0.1, 0.15) is 11.6 Å². The van der Waals surface area contributed by atoms with Crippen molar-refractivity contribution in [1.29, 1.82) is 0 Å². The first-order chi connectivity index (χ1) is 14.4. The van der Waals surface area contributed by atoms with Crippen LogP contribution in [0.15, 0.2) is 54.6 Å². The van der Waals surface area contributed by atoms with Crippen LogP contribution in [0.5, 0.6) is 0 Å². The first-order valence-corrected chi connectivity index (χ1v) is 11.6. The Kier molecular flexibility index (Phi) is 5.74. The molecule has 1 atom stereocenters. The van der Waals surface area contributed by atoms with E-state index in [1.807, 2.05) is 35.2 Å². The number of benzene rings is 2. The van der Waals surface area contributed by atoms with E-state index < -0.39 is 22.0 Å². The van der Waals surface area contributed by atoms with Gasteiger partial charge in [0.2, 0.25) is 5.91 Å². The summed E-state index contributed by atoms with van der Waals surface area (Å²) in [6, 6.07) is 15.7. The van der Waals surface area contributed by atoms with Crippen LogP contribution in [0.25, 0.3) is 0 Å². The van der Waals surface area contributed by atoms with E-state index in [-0.39, 0.29) is 17.4 Å². The van der Waals surface area contributed by atoms with Crippen molar-refractivity contribution >= 4 is 33.2 Å². The van der Waals surface area contributed by atoms with Gasteiger partial charge in [0, 0.05) is 24.5 Å². The van der Waals surface area contributed by atoms with Gasteiger partial charge in [0.1, 0.15) is 12.6 Å². The summed E-state index contributed by atoms with van der Waals surface area (Å²) in [5, 5.41) is 2.93. The van der Waals surface area contributed by atoms with Crippen molar-refractivity contribution in [1.82, 2.24) is 4.90 Å². The molecule has 2 aromatic carbocycles. The van der Waals surface area contributed by atoms with E-state index in [9.17, 15) is 18.0 Å². The number of nitrogens with one attached hydrogen (secondary N) is 1. The molecule has 2 aromatic rings. The second-order valence-corrected chi connectivity index (χ2v) is 9.61. The lowest BCUT2D eigenvalue weighted by atomic mass is 10.0. The van der Waals surface area contributed by atoms with Crippen molar-refractivity contribution in [3.8, 4) is 0 Å². The van der Waals surface area contributed by atoms with E-state index in [4.69, 9.17) is 4.74 Å². The second kappa shape index (κ2) is 8.45. The van der Waals surface area contributed by atoms with Gasteiger partial charge in [-0.25, -0.2) is 13.2 Å². The Balaban J connectivity index is 1.56. The number of anilines is 2. The van der Waals surface area contributed by atoms with E-state index >= 15 is 0 Å². The molecule has 9 heteroatoms. The monoisotopic (exact) mass is 429 g/mol. The van der Waals surface area contributed by atoms with Crippen molar-refractivity contribution in [3.05, 3.63) is 60.2 Å². The minimum atomic E-state index is -3.06. The predicted molar refractivity (Wildman–Crippen MR) is 113 cm³/mol. The molecule has 0 saturated carbocycles. The number of ether oxygens (including phenoxy) is 1. The maximum absolute atomic E-state index is 13.3. The third-order valence-electron chi connectivity index (χ3n) is 5.29. The fourth-order valence-electron chi connectivity index (χ4n) is 3.74. The van der Waals surface area contributed by atoms with E-state index in [1.54, 1.807) is 24.3 Å². The highest BCUT2D eigenvalue weighted by molar-refractivity contribution is 7.91. The summed E-state index contributed by atoms with van der Waals surface area (Å²) in [4.78, 5) is 28.5. The molecule has 2 aliphatic heterocycles. The van der Waals surface area contributed by atoms with Crippen molar-refractivity contribution in [2.24, 2.45) is 0 Å². The third kappa shape index (κ3) is 4.47. The Morgan fingerprint density at radius 3 is 2.40 bits per heavy atom. The zero-order valence-electron chi connectivity index (χ0n) is 16.4. The summed E-state index contributed by atoms with van der Waals surface area (Å²) < 4.78 is 28.6. The van der Waals surface area contributed by atoms with Gasteiger partial charge in [-0.05, 0) is 23.8 Å². The third-order valence-corrected chi connectivity index (χ3v) is 6.90. The summed E-state index contributed by atoms with van der Waals surface area (Å²) in [5.41, 5.74) is 2.01. The van der Waals surface area contributed by atoms with Gasteiger partial charge in [-0.3, -0.25) is 14.6 Å². The number of carbonyl (C=O) groups excluding carboxylic acids is 2. The summed E-state index contributed by atoms with van der Waals surface area (Å²) in [6.07, 6.45) is -0.407. The van der Waals surface area contributed by atoms with Crippen LogP contribution >= 0.6 is 0 Å². The number of sulfone groups is 1. The normalized spacial score (nSPS) is 19.9. The van der Waals surface area contributed by atoms with Gasteiger partial charge in [0.25, 0.3) is 0 Å². The molecule has 1 unspecified atom stereocenters. The number of carbonyl (C=O) groups is 2. The van der Waals surface area contributed by atoms with Gasteiger partial charge in [0.15, 0.2) is 9.84 Å². The lowest BCUT2D eigenvalue weighted by Gasteiger charge is -2.33. The standard InChI is InChI=1S/C21H23N3O5S/c25-20(22-17-7-4-8-18(15-17)24-9-12-29-21(24)26)19(16-5-2-1-3-6-16)23-10-13-30(27,28)14-11-23/h1-8,15,19H,9-14H2,(H,22,25). The Hall–Kier alpha value is -2.91. The number of hydrogen-bond acceptors (Lipinski definition) is 6. The predicted octanol–water partition coefficient (Wildman–Crippen LogP) is 2.05. The van der Waals surface area contributed by atoms with Crippen LogP contribution in [0.3, 0.4) is 0 Å². The van der Waals surface area contributed by atoms with Crippen LogP contribution in [0, 0.1) is 0 Å². The molecule has 2 aliphatic rings. The topological polar surface area (TPSA) is 96.0 Å². The lowest BCUT2D eigenvalue weighted by molar-refractivity contribution is -0.121. The summed E-state index contributed by atoms with van der Waals surface area (Å²) in [5.74, 6) is -0.173. The molecule has 1 N–H and O–H groups in total. The number of amides is 2.